The molecule has 8 nitrogen and oxygen atoms in total. The van der Waals surface area contributed by atoms with E-state index >= 15 is 0 Å². The van der Waals surface area contributed by atoms with Gasteiger partial charge in [-0.3, -0.25) is 14.7 Å². The van der Waals surface area contributed by atoms with Gasteiger partial charge < -0.3 is 9.84 Å². The summed E-state index contributed by atoms with van der Waals surface area (Å²) in [7, 11) is 1.96. The minimum absolute atomic E-state index is 0.137. The Morgan fingerprint density at radius 2 is 1.74 bits per heavy atom. The van der Waals surface area contributed by atoms with Crippen molar-refractivity contribution in [3.8, 4) is 22.9 Å². The molecule has 34 heavy (non-hydrogen) atoms. The van der Waals surface area contributed by atoms with Crippen molar-refractivity contribution in [3.05, 3.63) is 109 Å². The molecule has 0 atom stereocenters. The van der Waals surface area contributed by atoms with Crippen molar-refractivity contribution in [2.45, 2.75) is 13.1 Å². The van der Waals surface area contributed by atoms with Crippen LogP contribution in [0.4, 0.5) is 0 Å². The Kier molecular flexibility index (Phi) is 7.02. The lowest BCUT2D eigenvalue weighted by atomic mass is 10.1. The number of H-pyrrole nitrogens is 1. The van der Waals surface area contributed by atoms with Crippen molar-refractivity contribution in [3.63, 3.8) is 0 Å². The molecule has 0 bridgehead atoms. The van der Waals surface area contributed by atoms with Crippen LogP contribution in [-0.4, -0.2) is 31.8 Å². The number of aromatic amines is 1. The normalized spacial score (nSPS) is 11.1. The van der Waals surface area contributed by atoms with Gasteiger partial charge in [-0.1, -0.05) is 53.5 Å². The molecule has 0 amide bonds. The number of ether oxygens (including phenoxy) is 1. The molecule has 1 aromatic heterocycles. The van der Waals surface area contributed by atoms with Crippen LogP contribution in [0.3, 0.4) is 0 Å². The zero-order chi connectivity index (χ0) is 24.2. The van der Waals surface area contributed by atoms with Crippen LogP contribution in [0, 0.1) is 0 Å². The van der Waals surface area contributed by atoms with Gasteiger partial charge in [0.2, 0.25) is 0 Å². The summed E-state index contributed by atoms with van der Waals surface area (Å²) in [6.07, 6.45) is 0.973. The van der Waals surface area contributed by atoms with E-state index in [4.69, 9.17) is 27.9 Å². The Labute approximate surface area is 204 Å². The van der Waals surface area contributed by atoms with Crippen molar-refractivity contribution in [2.24, 2.45) is 0 Å². The number of aromatic nitrogens is 3. The fourth-order valence-electron chi connectivity index (χ4n) is 3.42. The summed E-state index contributed by atoms with van der Waals surface area (Å²) < 4.78 is 6.88. The van der Waals surface area contributed by atoms with E-state index in [0.29, 0.717) is 24.4 Å². The summed E-state index contributed by atoms with van der Waals surface area (Å²) >= 11 is 12.8. The average molecular weight is 499 g/mol. The number of halogens is 2. The second-order valence-corrected chi connectivity index (χ2v) is 8.45. The summed E-state index contributed by atoms with van der Waals surface area (Å²) in [4.78, 5) is 27.4. The van der Waals surface area contributed by atoms with E-state index in [2.05, 4.69) is 15.0 Å². The minimum Gasteiger partial charge on any atom is -0.508 e. The first-order chi connectivity index (χ1) is 16.3. The van der Waals surface area contributed by atoms with Crippen LogP contribution in [0.15, 0.2) is 76.4 Å². The molecule has 0 spiro atoms. The van der Waals surface area contributed by atoms with Gasteiger partial charge in [-0.25, -0.2) is 4.79 Å². The predicted octanol–water partition coefficient (Wildman–Crippen LogP) is 4.36. The largest absolute Gasteiger partial charge is 0.508 e. The van der Waals surface area contributed by atoms with Crippen molar-refractivity contribution >= 4 is 23.2 Å². The quantitative estimate of drug-likeness (QED) is 0.392. The van der Waals surface area contributed by atoms with E-state index in [1.54, 1.807) is 18.2 Å². The van der Waals surface area contributed by atoms with Crippen LogP contribution in [0.1, 0.15) is 11.1 Å². The smallest absolute Gasteiger partial charge is 0.349 e. The number of nitrogens with zero attached hydrogens (tertiary/aromatic N) is 3. The molecule has 4 aromatic rings. The number of nitrogens with one attached hydrogen (secondary N) is 1. The zero-order valence-corrected chi connectivity index (χ0v) is 19.5. The molecular weight excluding hydrogens is 479 g/mol. The molecule has 3 aromatic carbocycles. The average Bonchev–Trinajstić information content (AvgIpc) is 2.79. The van der Waals surface area contributed by atoms with Crippen LogP contribution >= 0.6 is 23.2 Å². The first kappa shape index (κ1) is 23.6. The van der Waals surface area contributed by atoms with Crippen LogP contribution < -0.4 is 16.0 Å². The van der Waals surface area contributed by atoms with Gasteiger partial charge in [0.25, 0.3) is 5.56 Å². The number of hydrogen-bond donors (Lipinski definition) is 2. The van der Waals surface area contributed by atoms with Gasteiger partial charge in [-0.15, -0.1) is 0 Å². The van der Waals surface area contributed by atoms with Gasteiger partial charge in [0.05, 0.1) is 15.7 Å². The molecule has 10 heteroatoms. The topological polar surface area (TPSA) is 100 Å². The number of rotatable bonds is 7. The van der Waals surface area contributed by atoms with Crippen molar-refractivity contribution in [1.29, 1.82) is 0 Å². The highest BCUT2D eigenvalue weighted by Crippen LogP contribution is 2.39. The lowest BCUT2D eigenvalue weighted by molar-refractivity contribution is 0.312. The molecule has 0 unspecified atom stereocenters. The van der Waals surface area contributed by atoms with E-state index in [0.717, 1.165) is 16.4 Å². The van der Waals surface area contributed by atoms with Crippen LogP contribution in [-0.2, 0) is 13.1 Å². The third-order valence-corrected chi connectivity index (χ3v) is 5.51. The Bertz CT molecular complexity index is 1410. The second kappa shape index (κ2) is 10.1. The number of hydrogen-bond acceptors (Lipinski definition) is 6. The highest BCUT2D eigenvalue weighted by molar-refractivity contribution is 6.37. The Morgan fingerprint density at radius 1 is 1.03 bits per heavy atom. The summed E-state index contributed by atoms with van der Waals surface area (Å²) in [6, 6.07) is 17.8. The molecule has 0 aliphatic heterocycles. The standard InChI is InChI=1S/C24H20Cl2N4O4/c1-29(13-15-5-3-2-4-6-15)14-16-9-18(7-8-21(16)31)34-23-19(25)10-17(11-20(23)26)30-24(33)28-22(32)12-27-30/h2-12,31H,13-14H2,1H3,(H,28,32,33). The summed E-state index contributed by atoms with van der Waals surface area (Å²) in [5.41, 5.74) is 0.750. The Morgan fingerprint density at radius 3 is 2.41 bits per heavy atom. The minimum atomic E-state index is -0.726. The number of benzene rings is 3. The lowest BCUT2D eigenvalue weighted by Gasteiger charge is -2.18. The van der Waals surface area contributed by atoms with Gasteiger partial charge in [0.15, 0.2) is 5.75 Å². The summed E-state index contributed by atoms with van der Waals surface area (Å²) in [5.74, 6) is 0.749. The third kappa shape index (κ3) is 5.48. The van der Waals surface area contributed by atoms with E-state index < -0.39 is 11.2 Å². The molecule has 0 saturated heterocycles. The molecule has 0 fully saturated rings. The van der Waals surface area contributed by atoms with Crippen LogP contribution in [0.25, 0.3) is 5.69 Å². The van der Waals surface area contributed by atoms with E-state index in [1.165, 1.54) is 12.1 Å². The maximum atomic E-state index is 12.0. The predicted molar refractivity (Wildman–Crippen MR) is 130 cm³/mol. The van der Waals surface area contributed by atoms with Gasteiger partial charge in [-0.2, -0.15) is 9.78 Å². The van der Waals surface area contributed by atoms with Crippen LogP contribution in [0.2, 0.25) is 10.0 Å². The van der Waals surface area contributed by atoms with Crippen molar-refractivity contribution in [2.75, 3.05) is 7.05 Å². The highest BCUT2D eigenvalue weighted by atomic mass is 35.5. The Hall–Kier alpha value is -3.59. The maximum absolute atomic E-state index is 12.0. The lowest BCUT2D eigenvalue weighted by Crippen LogP contribution is -2.30. The van der Waals surface area contributed by atoms with Crippen molar-refractivity contribution in [1.82, 2.24) is 19.7 Å². The number of phenolic OH excluding ortho intramolecular Hbond substituents is 1. The van der Waals surface area contributed by atoms with Gasteiger partial charge in [0.1, 0.15) is 17.7 Å². The molecule has 0 saturated carbocycles. The monoisotopic (exact) mass is 498 g/mol. The first-order valence-electron chi connectivity index (χ1n) is 10.2. The zero-order valence-electron chi connectivity index (χ0n) is 18.0. The molecule has 4 rings (SSSR count). The highest BCUT2D eigenvalue weighted by Gasteiger charge is 2.15. The van der Waals surface area contributed by atoms with Gasteiger partial charge in [0, 0.05) is 18.7 Å². The van der Waals surface area contributed by atoms with Crippen molar-refractivity contribution < 1.29 is 9.84 Å². The molecular formula is C24H20Cl2N4O4. The summed E-state index contributed by atoms with van der Waals surface area (Å²) in [5, 5.41) is 14.4. The van der Waals surface area contributed by atoms with Crippen LogP contribution in [0.5, 0.6) is 17.2 Å². The summed E-state index contributed by atoms with van der Waals surface area (Å²) in [6.45, 7) is 1.20. The number of aromatic hydroxyl groups is 1. The van der Waals surface area contributed by atoms with E-state index in [1.807, 2.05) is 37.4 Å². The fourth-order valence-corrected chi connectivity index (χ4v) is 3.97. The maximum Gasteiger partial charge on any atom is 0.349 e. The fraction of sp³-hybridized carbons (Fsp3) is 0.125. The van der Waals surface area contributed by atoms with Gasteiger partial charge in [-0.05, 0) is 42.9 Å². The Balaban J connectivity index is 1.55. The first-order valence-corrected chi connectivity index (χ1v) is 11.0. The van der Waals surface area contributed by atoms with E-state index in [9.17, 15) is 14.7 Å². The molecule has 0 radical (unpaired) electrons. The third-order valence-electron chi connectivity index (χ3n) is 4.95. The SMILES string of the molecule is CN(Cc1ccccc1)Cc1cc(Oc2c(Cl)cc(-n3ncc(=O)[nH]c3=O)cc2Cl)ccc1O. The van der Waals surface area contributed by atoms with E-state index in [-0.39, 0.29) is 27.2 Å². The number of phenols is 1. The van der Waals surface area contributed by atoms with Gasteiger partial charge >= 0.3 is 5.69 Å². The molecule has 2 N–H and O–H groups in total. The molecule has 0 aliphatic rings. The molecule has 174 valence electrons. The molecule has 1 heterocycles. The molecule has 0 aliphatic carbocycles. The second-order valence-electron chi connectivity index (χ2n) is 7.64.